The van der Waals surface area contributed by atoms with Crippen molar-refractivity contribution in [2.45, 2.75) is 29.3 Å². The minimum absolute atomic E-state index is 0.156. The second kappa shape index (κ2) is 14.5. The topological polar surface area (TPSA) is 164 Å². The van der Waals surface area contributed by atoms with Crippen molar-refractivity contribution < 1.29 is 52.5 Å². The maximum absolute atomic E-state index is 12.7. The van der Waals surface area contributed by atoms with Crippen LogP contribution in [-0.4, -0.2) is 70.2 Å². The standard InChI is InChI=1S/C25H21Cl3N2O11/c26-25(27,28)14-40-24(36)39-13-17(31)41-21-18(29-23(35)38-12-16-9-5-2-6-10-16)19(32)30(21)20(33)22(34)37-11-15-7-3-1-4-8-15/h1-10,18,21H,11-14H2,(H,29,35)/t18-,21-/m1/s1. The van der Waals surface area contributed by atoms with Crippen LogP contribution >= 0.6 is 34.8 Å². The average molecular weight is 632 g/mol. The average Bonchev–Trinajstić information content (AvgIpc) is 2.95. The van der Waals surface area contributed by atoms with Crippen LogP contribution < -0.4 is 5.32 Å². The number of halogens is 3. The molecule has 218 valence electrons. The molecule has 3 amide bonds. The number of carbonyl (C=O) groups is 6. The molecular weight excluding hydrogens is 611 g/mol. The summed E-state index contributed by atoms with van der Waals surface area (Å²) >= 11 is 16.3. The molecule has 0 unspecified atom stereocenters. The van der Waals surface area contributed by atoms with Gasteiger partial charge in [-0.05, 0) is 11.1 Å². The van der Waals surface area contributed by atoms with Crippen molar-refractivity contribution >= 4 is 70.8 Å². The Labute approximate surface area is 247 Å². The number of likely N-dealkylation sites (tertiary alicyclic amines) is 1. The van der Waals surface area contributed by atoms with Gasteiger partial charge in [-0.2, -0.15) is 0 Å². The maximum atomic E-state index is 12.7. The zero-order valence-corrected chi connectivity index (χ0v) is 23.1. The third-order valence-corrected chi connectivity index (χ3v) is 5.38. The minimum Gasteiger partial charge on any atom is -0.454 e. The van der Waals surface area contributed by atoms with Crippen LogP contribution in [0, 0.1) is 0 Å². The quantitative estimate of drug-likeness (QED) is 0.142. The lowest BCUT2D eigenvalue weighted by molar-refractivity contribution is -0.199. The summed E-state index contributed by atoms with van der Waals surface area (Å²) in [7, 11) is 0. The number of ether oxygens (including phenoxy) is 5. The Morgan fingerprint density at radius 2 is 1.37 bits per heavy atom. The second-order valence-corrected chi connectivity index (χ2v) is 10.6. The molecule has 0 saturated carbocycles. The van der Waals surface area contributed by atoms with Gasteiger partial charge in [0.25, 0.3) is 5.91 Å². The number of esters is 2. The summed E-state index contributed by atoms with van der Waals surface area (Å²) in [6.45, 7) is -2.19. The fraction of sp³-hybridized carbons (Fsp3) is 0.280. The highest BCUT2D eigenvalue weighted by Gasteiger charge is 2.56. The first-order chi connectivity index (χ1) is 19.4. The molecule has 2 atom stereocenters. The molecule has 2 aromatic carbocycles. The van der Waals surface area contributed by atoms with E-state index < -0.39 is 65.3 Å². The monoisotopic (exact) mass is 630 g/mol. The number of β-lactam (4-membered cyclic amide) rings is 1. The molecule has 3 rings (SSSR count). The second-order valence-electron chi connectivity index (χ2n) is 8.08. The molecule has 1 saturated heterocycles. The highest BCUT2D eigenvalue weighted by molar-refractivity contribution is 6.67. The van der Waals surface area contributed by atoms with E-state index in [2.05, 4.69) is 14.8 Å². The Bertz CT molecular complexity index is 1270. The van der Waals surface area contributed by atoms with Gasteiger partial charge in [-0.1, -0.05) is 95.5 Å². The number of rotatable bonds is 9. The summed E-state index contributed by atoms with van der Waals surface area (Å²) in [4.78, 5) is 74.2. The van der Waals surface area contributed by atoms with E-state index in [0.29, 0.717) is 11.1 Å². The van der Waals surface area contributed by atoms with Crippen molar-refractivity contribution in [2.75, 3.05) is 13.2 Å². The van der Waals surface area contributed by atoms with Crippen LogP contribution in [0.15, 0.2) is 60.7 Å². The number of imide groups is 1. The van der Waals surface area contributed by atoms with Crippen LogP contribution in [0.4, 0.5) is 9.59 Å². The molecule has 1 heterocycles. The molecule has 41 heavy (non-hydrogen) atoms. The van der Waals surface area contributed by atoms with Crippen LogP contribution in [0.25, 0.3) is 0 Å². The van der Waals surface area contributed by atoms with E-state index >= 15 is 0 Å². The zero-order chi connectivity index (χ0) is 30.0. The third kappa shape index (κ3) is 9.81. The van der Waals surface area contributed by atoms with Crippen LogP contribution in [0.1, 0.15) is 11.1 Å². The van der Waals surface area contributed by atoms with Gasteiger partial charge >= 0.3 is 30.1 Å². The minimum atomic E-state index is -1.93. The fourth-order valence-corrected chi connectivity index (χ4v) is 3.34. The smallest absolute Gasteiger partial charge is 0.454 e. The highest BCUT2D eigenvalue weighted by Crippen LogP contribution is 2.26. The molecule has 0 aromatic heterocycles. The molecule has 0 radical (unpaired) electrons. The maximum Gasteiger partial charge on any atom is 0.508 e. The first-order valence-corrected chi connectivity index (χ1v) is 12.7. The predicted molar refractivity (Wildman–Crippen MR) is 139 cm³/mol. The van der Waals surface area contributed by atoms with E-state index in [1.807, 2.05) is 0 Å². The van der Waals surface area contributed by atoms with Crippen LogP contribution in [0.2, 0.25) is 0 Å². The van der Waals surface area contributed by atoms with Gasteiger partial charge in [0, 0.05) is 0 Å². The number of hydrogen-bond donors (Lipinski definition) is 1. The van der Waals surface area contributed by atoms with Gasteiger partial charge in [-0.25, -0.2) is 24.1 Å². The number of nitrogens with one attached hydrogen (secondary N) is 1. The summed E-state index contributed by atoms with van der Waals surface area (Å²) in [5.74, 6) is -5.28. The highest BCUT2D eigenvalue weighted by atomic mass is 35.6. The summed E-state index contributed by atoms with van der Waals surface area (Å²) in [6.07, 6.45) is -4.29. The van der Waals surface area contributed by atoms with E-state index in [-0.39, 0.29) is 18.1 Å². The molecule has 1 N–H and O–H groups in total. The Morgan fingerprint density at radius 3 is 1.93 bits per heavy atom. The van der Waals surface area contributed by atoms with Crippen molar-refractivity contribution in [3.63, 3.8) is 0 Å². The van der Waals surface area contributed by atoms with Gasteiger partial charge in [-0.15, -0.1) is 0 Å². The van der Waals surface area contributed by atoms with Gasteiger partial charge in [0.2, 0.25) is 10.0 Å². The van der Waals surface area contributed by atoms with Crippen LogP contribution in [-0.2, 0) is 56.1 Å². The Morgan fingerprint density at radius 1 is 0.805 bits per heavy atom. The molecule has 1 aliphatic heterocycles. The zero-order valence-electron chi connectivity index (χ0n) is 20.8. The van der Waals surface area contributed by atoms with Gasteiger partial charge < -0.3 is 29.0 Å². The summed E-state index contributed by atoms with van der Waals surface area (Å²) in [6, 6.07) is 15.3. The van der Waals surface area contributed by atoms with Crippen LogP contribution in [0.3, 0.4) is 0 Å². The normalized spacial score (nSPS) is 16.1. The van der Waals surface area contributed by atoms with E-state index in [1.165, 1.54) is 0 Å². The first-order valence-electron chi connectivity index (χ1n) is 11.6. The molecular formula is C25H21Cl3N2O11. The Balaban J connectivity index is 1.62. The van der Waals surface area contributed by atoms with Crippen molar-refractivity contribution in [2.24, 2.45) is 0 Å². The number of benzene rings is 2. The summed E-state index contributed by atoms with van der Waals surface area (Å²) < 4.78 is 22.1. The van der Waals surface area contributed by atoms with Crippen molar-refractivity contribution in [3.8, 4) is 0 Å². The molecule has 13 nitrogen and oxygen atoms in total. The van der Waals surface area contributed by atoms with Gasteiger partial charge in [0.05, 0.1) is 0 Å². The van der Waals surface area contributed by atoms with Gasteiger partial charge in [0.1, 0.15) is 19.8 Å². The van der Waals surface area contributed by atoms with Crippen molar-refractivity contribution in [3.05, 3.63) is 71.8 Å². The van der Waals surface area contributed by atoms with Crippen molar-refractivity contribution in [1.29, 1.82) is 0 Å². The molecule has 16 heteroatoms. The lowest BCUT2D eigenvalue weighted by atomic mass is 10.0. The number of alkyl halides is 3. The molecule has 0 aliphatic carbocycles. The molecule has 2 aromatic rings. The van der Waals surface area contributed by atoms with Crippen molar-refractivity contribution in [1.82, 2.24) is 10.2 Å². The summed E-state index contributed by atoms with van der Waals surface area (Å²) in [5.41, 5.74) is 1.20. The van der Waals surface area contributed by atoms with Gasteiger partial charge in [0.15, 0.2) is 12.6 Å². The number of nitrogens with zero attached hydrogens (tertiary/aromatic N) is 1. The number of hydrogen-bond acceptors (Lipinski definition) is 11. The number of carbonyl (C=O) groups excluding carboxylic acids is 6. The predicted octanol–water partition coefficient (Wildman–Crippen LogP) is 2.79. The largest absolute Gasteiger partial charge is 0.508 e. The molecule has 1 fully saturated rings. The number of alkyl carbamates (subject to hydrolysis) is 1. The Kier molecular flexibility index (Phi) is 11.1. The van der Waals surface area contributed by atoms with E-state index in [4.69, 9.17) is 49.0 Å². The third-order valence-electron chi connectivity index (χ3n) is 5.05. The molecule has 0 bridgehead atoms. The first kappa shape index (κ1) is 31.5. The SMILES string of the molecule is O=C(COC(=O)OCC(Cl)(Cl)Cl)O[C@@H]1[C@H](NC(=O)OCc2ccccc2)C(=O)N1C(=O)C(=O)OCc1ccccc1. The number of amides is 3. The molecule has 1 aliphatic rings. The van der Waals surface area contributed by atoms with Gasteiger partial charge in [-0.3, -0.25) is 9.59 Å². The Hall–Kier alpha value is -4.07. The van der Waals surface area contributed by atoms with Crippen LogP contribution in [0.5, 0.6) is 0 Å². The van der Waals surface area contributed by atoms with E-state index in [1.54, 1.807) is 60.7 Å². The van der Waals surface area contributed by atoms with E-state index in [9.17, 15) is 28.8 Å². The molecule has 0 spiro atoms. The van der Waals surface area contributed by atoms with E-state index in [0.717, 1.165) is 0 Å². The summed E-state index contributed by atoms with van der Waals surface area (Å²) in [5, 5.41) is 2.16. The lowest BCUT2D eigenvalue weighted by Gasteiger charge is -2.43. The fourth-order valence-electron chi connectivity index (χ4n) is 3.18. The lowest BCUT2D eigenvalue weighted by Crippen LogP contribution is -2.74.